The van der Waals surface area contributed by atoms with E-state index < -0.39 is 26.8 Å². The molecule has 1 aliphatic carbocycles. The number of amides is 1. The van der Waals surface area contributed by atoms with Gasteiger partial charge in [0.2, 0.25) is 5.91 Å². The molecule has 1 saturated carbocycles. The Hall–Kier alpha value is -1.43. The summed E-state index contributed by atoms with van der Waals surface area (Å²) in [6.07, 6.45) is 3.89. The first-order valence-electron chi connectivity index (χ1n) is 8.04. The fourth-order valence-corrected chi connectivity index (χ4v) is 4.16. The molecular formula is C17H24FNO3S. The molecule has 0 bridgehead atoms. The Morgan fingerprint density at radius 2 is 1.96 bits per heavy atom. The molecule has 1 fully saturated rings. The van der Waals surface area contributed by atoms with E-state index in [1.54, 1.807) is 6.07 Å². The molecule has 23 heavy (non-hydrogen) atoms. The summed E-state index contributed by atoms with van der Waals surface area (Å²) < 4.78 is 37.9. The first-order valence-corrected chi connectivity index (χ1v) is 9.76. The van der Waals surface area contributed by atoms with Crippen molar-refractivity contribution in [3.8, 4) is 0 Å². The first-order chi connectivity index (χ1) is 10.8. The van der Waals surface area contributed by atoms with Crippen molar-refractivity contribution in [1.29, 1.82) is 0 Å². The number of hydrogen-bond donors (Lipinski definition) is 1. The zero-order valence-corrected chi connectivity index (χ0v) is 14.4. The number of sulfone groups is 1. The van der Waals surface area contributed by atoms with Crippen molar-refractivity contribution >= 4 is 15.7 Å². The molecule has 128 valence electrons. The molecule has 0 heterocycles. The van der Waals surface area contributed by atoms with E-state index in [0.717, 1.165) is 25.7 Å². The van der Waals surface area contributed by atoms with Crippen molar-refractivity contribution in [2.75, 3.05) is 0 Å². The van der Waals surface area contributed by atoms with Crippen LogP contribution in [0.15, 0.2) is 24.3 Å². The lowest BCUT2D eigenvalue weighted by molar-refractivity contribution is -0.121. The quantitative estimate of drug-likeness (QED) is 0.896. The second-order valence-corrected chi connectivity index (χ2v) is 8.87. The lowest BCUT2D eigenvalue weighted by atomic mass is 9.87. The van der Waals surface area contributed by atoms with E-state index in [4.69, 9.17) is 0 Å². The molecule has 6 heteroatoms. The van der Waals surface area contributed by atoms with E-state index in [-0.39, 0.29) is 11.8 Å². The van der Waals surface area contributed by atoms with Gasteiger partial charge in [0.1, 0.15) is 11.1 Å². The first kappa shape index (κ1) is 17.9. The van der Waals surface area contributed by atoms with Crippen molar-refractivity contribution < 1.29 is 17.6 Å². The number of rotatable bonds is 5. The molecule has 1 amide bonds. The molecule has 1 aliphatic rings. The lowest BCUT2D eigenvalue weighted by Gasteiger charge is -2.27. The minimum Gasteiger partial charge on any atom is -0.352 e. The number of hydrogen-bond acceptors (Lipinski definition) is 3. The second kappa shape index (κ2) is 7.43. The van der Waals surface area contributed by atoms with Crippen LogP contribution in [0.1, 0.15) is 45.1 Å². The van der Waals surface area contributed by atoms with Crippen molar-refractivity contribution in [2.24, 2.45) is 5.92 Å². The third-order valence-electron chi connectivity index (χ3n) is 4.53. The summed E-state index contributed by atoms with van der Waals surface area (Å²) in [4.78, 5) is 12.2. The van der Waals surface area contributed by atoms with Crippen LogP contribution < -0.4 is 5.32 Å². The van der Waals surface area contributed by atoms with Crippen LogP contribution in [0.4, 0.5) is 4.39 Å². The van der Waals surface area contributed by atoms with E-state index in [1.165, 1.54) is 25.1 Å². The van der Waals surface area contributed by atoms with Gasteiger partial charge in [-0.3, -0.25) is 4.79 Å². The van der Waals surface area contributed by atoms with Gasteiger partial charge >= 0.3 is 0 Å². The second-order valence-electron chi connectivity index (χ2n) is 6.54. The highest BCUT2D eigenvalue weighted by atomic mass is 32.2. The van der Waals surface area contributed by atoms with Gasteiger partial charge in [0.15, 0.2) is 9.84 Å². The molecule has 0 radical (unpaired) electrons. The highest BCUT2D eigenvalue weighted by Crippen LogP contribution is 2.23. The average molecular weight is 341 g/mol. The van der Waals surface area contributed by atoms with Gasteiger partial charge in [0, 0.05) is 6.04 Å². The maximum Gasteiger partial charge on any atom is 0.238 e. The van der Waals surface area contributed by atoms with Crippen LogP contribution in [0.5, 0.6) is 0 Å². The van der Waals surface area contributed by atoms with Gasteiger partial charge < -0.3 is 5.32 Å². The molecule has 0 aliphatic heterocycles. The van der Waals surface area contributed by atoms with Crippen molar-refractivity contribution in [3.05, 3.63) is 35.6 Å². The summed E-state index contributed by atoms with van der Waals surface area (Å²) in [5.74, 6) is -0.606. The van der Waals surface area contributed by atoms with Gasteiger partial charge in [-0.2, -0.15) is 0 Å². The average Bonchev–Trinajstić information content (AvgIpc) is 2.48. The predicted octanol–water partition coefficient (Wildman–Crippen LogP) is 2.82. The number of benzene rings is 1. The maximum absolute atomic E-state index is 13.2. The summed E-state index contributed by atoms with van der Waals surface area (Å²) in [5, 5.41) is 1.72. The van der Waals surface area contributed by atoms with Gasteiger partial charge in [-0.05, 0) is 56.2 Å². The molecule has 1 aromatic carbocycles. The highest BCUT2D eigenvalue weighted by molar-refractivity contribution is 7.92. The van der Waals surface area contributed by atoms with Crippen LogP contribution >= 0.6 is 0 Å². The Bertz CT molecular complexity index is 652. The van der Waals surface area contributed by atoms with E-state index in [9.17, 15) is 17.6 Å². The number of carbonyl (C=O) groups is 1. The minimum atomic E-state index is -3.67. The summed E-state index contributed by atoms with van der Waals surface area (Å²) in [5.41, 5.74) is 0.358. The van der Waals surface area contributed by atoms with Gasteiger partial charge in [0.25, 0.3) is 0 Å². The third kappa shape index (κ3) is 5.03. The molecule has 0 saturated heterocycles. The van der Waals surface area contributed by atoms with Crippen molar-refractivity contribution in [1.82, 2.24) is 5.32 Å². The zero-order valence-electron chi connectivity index (χ0n) is 13.6. The Morgan fingerprint density at radius 3 is 2.57 bits per heavy atom. The minimum absolute atomic E-state index is 0.0607. The van der Waals surface area contributed by atoms with E-state index in [1.807, 2.05) is 0 Å². The van der Waals surface area contributed by atoms with Gasteiger partial charge in [-0.15, -0.1) is 0 Å². The fraction of sp³-hybridized carbons (Fsp3) is 0.588. The topological polar surface area (TPSA) is 63.2 Å². The standard InChI is InChI=1S/C17H24FNO3S/c1-12-6-8-16(9-7-12)19-17(20)13(2)23(21,22)11-14-4-3-5-15(18)10-14/h3-5,10,12-13,16H,6-9,11H2,1-2H3,(H,19,20)/t12?,13-,16?/m1/s1. The summed E-state index contributed by atoms with van der Waals surface area (Å²) >= 11 is 0. The molecule has 2 rings (SSSR count). The molecule has 4 nitrogen and oxygen atoms in total. The van der Waals surface area contributed by atoms with Crippen molar-refractivity contribution in [2.45, 2.75) is 56.6 Å². The Labute approximate surface area is 137 Å². The normalized spacial score (nSPS) is 23.3. The predicted molar refractivity (Wildman–Crippen MR) is 88.0 cm³/mol. The van der Waals surface area contributed by atoms with Crippen LogP contribution in [0.3, 0.4) is 0 Å². The highest BCUT2D eigenvalue weighted by Gasteiger charge is 2.30. The number of carbonyl (C=O) groups excluding carboxylic acids is 1. The Morgan fingerprint density at radius 1 is 1.30 bits per heavy atom. The smallest absolute Gasteiger partial charge is 0.238 e. The summed E-state index contributed by atoms with van der Waals surface area (Å²) in [7, 11) is -3.67. The molecule has 0 unspecified atom stereocenters. The van der Waals surface area contributed by atoms with Crippen LogP contribution in [0.25, 0.3) is 0 Å². The summed E-state index contributed by atoms with van der Waals surface area (Å²) in [6, 6.07) is 5.52. The van der Waals surface area contributed by atoms with E-state index in [0.29, 0.717) is 11.5 Å². The van der Waals surface area contributed by atoms with Gasteiger partial charge in [-0.1, -0.05) is 19.1 Å². The molecule has 1 atom stereocenters. The zero-order chi connectivity index (χ0) is 17.0. The van der Waals surface area contributed by atoms with Crippen LogP contribution in [-0.2, 0) is 20.4 Å². The van der Waals surface area contributed by atoms with E-state index in [2.05, 4.69) is 12.2 Å². The van der Waals surface area contributed by atoms with Crippen LogP contribution in [-0.4, -0.2) is 25.6 Å². The number of nitrogens with one attached hydrogen (secondary N) is 1. The molecular weight excluding hydrogens is 317 g/mol. The van der Waals surface area contributed by atoms with E-state index >= 15 is 0 Å². The van der Waals surface area contributed by atoms with Crippen LogP contribution in [0.2, 0.25) is 0 Å². The Balaban J connectivity index is 1.97. The molecule has 1 aromatic rings. The summed E-state index contributed by atoms with van der Waals surface area (Å²) in [6.45, 7) is 3.58. The largest absolute Gasteiger partial charge is 0.352 e. The SMILES string of the molecule is CC1CCC(NC(=O)[C@@H](C)S(=O)(=O)Cc2cccc(F)c2)CC1. The van der Waals surface area contributed by atoms with Gasteiger partial charge in [-0.25, -0.2) is 12.8 Å². The van der Waals surface area contributed by atoms with Gasteiger partial charge in [0.05, 0.1) is 5.75 Å². The third-order valence-corrected chi connectivity index (χ3v) is 6.55. The van der Waals surface area contributed by atoms with Crippen LogP contribution in [0, 0.1) is 11.7 Å². The number of halogens is 1. The Kier molecular flexibility index (Phi) is 5.79. The molecule has 0 aromatic heterocycles. The maximum atomic E-state index is 13.2. The monoisotopic (exact) mass is 341 g/mol. The lowest BCUT2D eigenvalue weighted by Crippen LogP contribution is -2.44. The molecule has 1 N–H and O–H groups in total. The molecule has 0 spiro atoms. The van der Waals surface area contributed by atoms with Crippen molar-refractivity contribution in [3.63, 3.8) is 0 Å². The fourth-order valence-electron chi connectivity index (χ4n) is 2.87.